The lowest BCUT2D eigenvalue weighted by atomic mass is 10.2. The van der Waals surface area contributed by atoms with Crippen molar-refractivity contribution in [3.63, 3.8) is 0 Å². The third-order valence-corrected chi connectivity index (χ3v) is 4.53. The van der Waals surface area contributed by atoms with E-state index in [4.69, 9.17) is 9.47 Å². The Morgan fingerprint density at radius 3 is 2.54 bits per heavy atom. The average Bonchev–Trinajstić information content (AvgIpc) is 3.01. The molecule has 0 aliphatic heterocycles. The Hall–Kier alpha value is -2.15. The third-order valence-electron chi connectivity index (χ3n) is 3.41. The van der Waals surface area contributed by atoms with Crippen LogP contribution in [0, 0.1) is 0 Å². The zero-order valence-electron chi connectivity index (χ0n) is 14.4. The summed E-state index contributed by atoms with van der Waals surface area (Å²) in [6.07, 6.45) is 4.72. The number of aryl methyl sites for hydroxylation is 1. The number of hydrogen-bond donors (Lipinski definition) is 1. The van der Waals surface area contributed by atoms with Gasteiger partial charge < -0.3 is 19.4 Å². The van der Waals surface area contributed by atoms with Gasteiger partial charge in [0.15, 0.2) is 5.16 Å². The number of aromatic nitrogens is 2. The topological polar surface area (TPSA) is 65.4 Å². The normalized spacial score (nSPS) is 11.8. The van der Waals surface area contributed by atoms with Crippen LogP contribution in [0.5, 0.6) is 11.5 Å². The van der Waals surface area contributed by atoms with Crippen molar-refractivity contribution >= 4 is 23.4 Å². The minimum absolute atomic E-state index is 0.0960. The summed E-state index contributed by atoms with van der Waals surface area (Å²) in [5.74, 6) is 1.16. The molecular formula is C17H23N3O3S. The second kappa shape index (κ2) is 8.63. The molecule has 7 heteroatoms. The van der Waals surface area contributed by atoms with Crippen molar-refractivity contribution in [2.24, 2.45) is 0 Å². The number of hydrogen-bond acceptors (Lipinski definition) is 5. The summed E-state index contributed by atoms with van der Waals surface area (Å²) in [7, 11) is 3.15. The Morgan fingerprint density at radius 1 is 1.29 bits per heavy atom. The monoisotopic (exact) mass is 349 g/mol. The lowest BCUT2D eigenvalue weighted by molar-refractivity contribution is -0.115. The minimum atomic E-state index is -0.278. The largest absolute Gasteiger partial charge is 0.497 e. The number of methoxy groups -OCH3 is 2. The number of carbonyl (C=O) groups excluding carboxylic acids is 1. The lowest BCUT2D eigenvalue weighted by Gasteiger charge is -2.14. The van der Waals surface area contributed by atoms with Crippen molar-refractivity contribution in [3.8, 4) is 11.5 Å². The Morgan fingerprint density at radius 2 is 1.96 bits per heavy atom. The SMILES string of the molecule is CCCn1ccnc1SC(C)C(=O)Nc1cc(OC)cc(OC)c1. The molecule has 0 bridgehead atoms. The summed E-state index contributed by atoms with van der Waals surface area (Å²) in [4.78, 5) is 16.8. The van der Waals surface area contributed by atoms with E-state index in [1.807, 2.05) is 13.1 Å². The number of nitrogens with zero attached hydrogens (tertiary/aromatic N) is 2. The first kappa shape index (κ1) is 18.2. The summed E-state index contributed by atoms with van der Waals surface area (Å²) in [5, 5.41) is 3.47. The van der Waals surface area contributed by atoms with Gasteiger partial charge in [0, 0.05) is 42.8 Å². The smallest absolute Gasteiger partial charge is 0.237 e. The molecule has 1 amide bonds. The quantitative estimate of drug-likeness (QED) is 0.740. The van der Waals surface area contributed by atoms with Crippen molar-refractivity contribution in [3.05, 3.63) is 30.6 Å². The fraction of sp³-hybridized carbons (Fsp3) is 0.412. The van der Waals surface area contributed by atoms with E-state index in [0.29, 0.717) is 17.2 Å². The van der Waals surface area contributed by atoms with Gasteiger partial charge in [0.05, 0.1) is 19.5 Å². The standard InChI is InChI=1S/C17H23N3O3S/c1-5-7-20-8-6-18-17(20)24-12(2)16(21)19-13-9-14(22-3)11-15(10-13)23-4/h6,8-12H,5,7H2,1-4H3,(H,19,21). The molecule has 0 radical (unpaired) electrons. The van der Waals surface area contributed by atoms with Gasteiger partial charge in [0.1, 0.15) is 11.5 Å². The Labute approximate surface area is 146 Å². The third kappa shape index (κ3) is 4.67. The van der Waals surface area contributed by atoms with Crippen LogP contribution in [0.4, 0.5) is 5.69 Å². The molecule has 1 aromatic heterocycles. The number of imidazole rings is 1. The van der Waals surface area contributed by atoms with Gasteiger partial charge in [0.25, 0.3) is 0 Å². The first-order valence-electron chi connectivity index (χ1n) is 7.79. The molecule has 0 fully saturated rings. The average molecular weight is 349 g/mol. The van der Waals surface area contributed by atoms with Crippen molar-refractivity contribution in [1.29, 1.82) is 0 Å². The zero-order valence-corrected chi connectivity index (χ0v) is 15.2. The summed E-state index contributed by atoms with van der Waals surface area (Å²) in [5.41, 5.74) is 0.639. The van der Waals surface area contributed by atoms with Gasteiger partial charge in [-0.05, 0) is 13.3 Å². The van der Waals surface area contributed by atoms with Gasteiger partial charge in [0.2, 0.25) is 5.91 Å². The molecule has 1 aromatic carbocycles. The maximum Gasteiger partial charge on any atom is 0.237 e. The maximum absolute atomic E-state index is 12.5. The maximum atomic E-state index is 12.5. The molecule has 2 aromatic rings. The lowest BCUT2D eigenvalue weighted by Crippen LogP contribution is -2.23. The molecular weight excluding hydrogens is 326 g/mol. The van der Waals surface area contributed by atoms with Crippen LogP contribution in [-0.2, 0) is 11.3 Å². The Balaban J connectivity index is 2.04. The van der Waals surface area contributed by atoms with Crippen molar-refractivity contribution in [2.45, 2.75) is 37.2 Å². The van der Waals surface area contributed by atoms with E-state index < -0.39 is 0 Å². The van der Waals surface area contributed by atoms with Crippen molar-refractivity contribution in [2.75, 3.05) is 19.5 Å². The van der Waals surface area contributed by atoms with Crippen LogP contribution in [0.15, 0.2) is 35.7 Å². The molecule has 0 saturated carbocycles. The predicted molar refractivity (Wildman–Crippen MR) is 96.0 cm³/mol. The number of carbonyl (C=O) groups is 1. The highest BCUT2D eigenvalue weighted by Gasteiger charge is 2.18. The van der Waals surface area contributed by atoms with Gasteiger partial charge in [-0.1, -0.05) is 18.7 Å². The number of rotatable bonds is 8. The van der Waals surface area contributed by atoms with E-state index in [-0.39, 0.29) is 11.2 Å². The number of amides is 1. The molecule has 6 nitrogen and oxygen atoms in total. The van der Waals surface area contributed by atoms with Crippen LogP contribution in [0.25, 0.3) is 0 Å². The highest BCUT2D eigenvalue weighted by atomic mass is 32.2. The second-order valence-electron chi connectivity index (χ2n) is 5.25. The van der Waals surface area contributed by atoms with Crippen LogP contribution < -0.4 is 14.8 Å². The Kier molecular flexibility index (Phi) is 6.54. The summed E-state index contributed by atoms with van der Waals surface area (Å²) in [6, 6.07) is 5.28. The minimum Gasteiger partial charge on any atom is -0.497 e. The first-order valence-corrected chi connectivity index (χ1v) is 8.67. The van der Waals surface area contributed by atoms with Crippen LogP contribution >= 0.6 is 11.8 Å². The fourth-order valence-corrected chi connectivity index (χ4v) is 3.05. The molecule has 1 N–H and O–H groups in total. The molecule has 1 atom stereocenters. The summed E-state index contributed by atoms with van der Waals surface area (Å²) < 4.78 is 12.5. The number of benzene rings is 1. The molecule has 0 aliphatic carbocycles. The number of thioether (sulfide) groups is 1. The first-order chi connectivity index (χ1) is 11.6. The number of ether oxygens (including phenoxy) is 2. The summed E-state index contributed by atoms with van der Waals surface area (Å²) in [6.45, 7) is 4.87. The van der Waals surface area contributed by atoms with E-state index in [1.165, 1.54) is 11.8 Å². The fourth-order valence-electron chi connectivity index (χ4n) is 2.16. The molecule has 1 heterocycles. The van der Waals surface area contributed by atoms with E-state index in [0.717, 1.165) is 18.1 Å². The second-order valence-corrected chi connectivity index (χ2v) is 6.56. The highest BCUT2D eigenvalue weighted by Crippen LogP contribution is 2.27. The molecule has 2 rings (SSSR count). The molecule has 0 spiro atoms. The predicted octanol–water partition coefficient (Wildman–Crippen LogP) is 3.43. The number of nitrogens with one attached hydrogen (secondary N) is 1. The van der Waals surface area contributed by atoms with Gasteiger partial charge in [-0.3, -0.25) is 4.79 Å². The molecule has 0 aliphatic rings. The van der Waals surface area contributed by atoms with E-state index in [9.17, 15) is 4.79 Å². The molecule has 0 saturated heterocycles. The van der Waals surface area contributed by atoms with Crippen molar-refractivity contribution < 1.29 is 14.3 Å². The summed E-state index contributed by atoms with van der Waals surface area (Å²) >= 11 is 1.44. The molecule has 130 valence electrons. The highest BCUT2D eigenvalue weighted by molar-refractivity contribution is 8.00. The van der Waals surface area contributed by atoms with Crippen LogP contribution in [0.3, 0.4) is 0 Å². The van der Waals surface area contributed by atoms with Gasteiger partial charge in [-0.25, -0.2) is 4.98 Å². The van der Waals surface area contributed by atoms with Crippen molar-refractivity contribution in [1.82, 2.24) is 9.55 Å². The van der Waals surface area contributed by atoms with E-state index in [1.54, 1.807) is 38.6 Å². The molecule has 24 heavy (non-hydrogen) atoms. The van der Waals surface area contributed by atoms with Gasteiger partial charge >= 0.3 is 0 Å². The van der Waals surface area contributed by atoms with E-state index >= 15 is 0 Å². The van der Waals surface area contributed by atoms with E-state index in [2.05, 4.69) is 21.8 Å². The number of anilines is 1. The van der Waals surface area contributed by atoms with Gasteiger partial charge in [-0.2, -0.15) is 0 Å². The van der Waals surface area contributed by atoms with Crippen LogP contribution in [0.1, 0.15) is 20.3 Å². The van der Waals surface area contributed by atoms with Crippen LogP contribution in [0.2, 0.25) is 0 Å². The molecule has 1 unspecified atom stereocenters. The Bertz CT molecular complexity index is 665. The van der Waals surface area contributed by atoms with Gasteiger partial charge in [-0.15, -0.1) is 0 Å². The van der Waals surface area contributed by atoms with Crippen LogP contribution in [-0.4, -0.2) is 34.9 Å². The zero-order chi connectivity index (χ0) is 17.5.